The maximum atomic E-state index is 12.8. The van der Waals surface area contributed by atoms with E-state index in [0.717, 1.165) is 18.4 Å². The van der Waals surface area contributed by atoms with Gasteiger partial charge in [0.25, 0.3) is 0 Å². The summed E-state index contributed by atoms with van der Waals surface area (Å²) in [5.74, 6) is 0.358. The molecule has 0 unspecified atom stereocenters. The summed E-state index contributed by atoms with van der Waals surface area (Å²) < 4.78 is 12.8. The van der Waals surface area contributed by atoms with E-state index < -0.39 is 0 Å². The summed E-state index contributed by atoms with van der Waals surface area (Å²) in [7, 11) is 0. The average molecular weight is 205 g/mol. The average Bonchev–Trinajstić information content (AvgIpc) is 2.77. The van der Waals surface area contributed by atoms with E-state index in [1.54, 1.807) is 12.1 Å². The molecule has 78 valence electrons. The Kier molecular flexibility index (Phi) is 1.81. The fourth-order valence-corrected chi connectivity index (χ4v) is 2.83. The van der Waals surface area contributed by atoms with Gasteiger partial charge in [0.15, 0.2) is 0 Å². The van der Waals surface area contributed by atoms with Gasteiger partial charge < -0.3 is 5.32 Å². The zero-order valence-corrected chi connectivity index (χ0v) is 8.24. The Morgan fingerprint density at radius 1 is 1.13 bits per heavy atom. The molecule has 3 atom stereocenters. The Hall–Kier alpha value is -1.38. The summed E-state index contributed by atoms with van der Waals surface area (Å²) in [6, 6.07) is 6.89. The number of fused-ring (bicyclic) bond motifs is 2. The van der Waals surface area contributed by atoms with Crippen LogP contribution in [0.25, 0.3) is 0 Å². The molecule has 1 heterocycles. The van der Waals surface area contributed by atoms with Crippen molar-refractivity contribution in [3.63, 3.8) is 0 Å². The number of piperidine rings is 1. The second-order valence-corrected chi connectivity index (χ2v) is 4.44. The second-order valence-electron chi connectivity index (χ2n) is 4.44. The molecule has 1 N–H and O–H groups in total. The van der Waals surface area contributed by atoms with Gasteiger partial charge >= 0.3 is 0 Å². The summed E-state index contributed by atoms with van der Waals surface area (Å²) in [4.78, 5) is 11.5. The molecule has 15 heavy (non-hydrogen) atoms. The van der Waals surface area contributed by atoms with Crippen molar-refractivity contribution >= 4 is 5.91 Å². The van der Waals surface area contributed by atoms with Crippen molar-refractivity contribution in [3.05, 3.63) is 35.6 Å². The maximum absolute atomic E-state index is 12.8. The summed E-state index contributed by atoms with van der Waals surface area (Å²) in [6.45, 7) is 0. The van der Waals surface area contributed by atoms with Crippen LogP contribution in [0.2, 0.25) is 0 Å². The first-order chi connectivity index (χ1) is 7.24. The SMILES string of the molecule is O=C1N[C@H]2C[C@@H]1[C@H](c1ccc(F)cc1)C2. The number of carbonyl (C=O) groups is 1. The number of halogens is 1. The third-order valence-electron chi connectivity index (χ3n) is 3.54. The number of amides is 1. The molecule has 0 spiro atoms. The van der Waals surface area contributed by atoms with Crippen molar-refractivity contribution in [2.75, 3.05) is 0 Å². The van der Waals surface area contributed by atoms with Crippen LogP contribution in [0.4, 0.5) is 4.39 Å². The second kappa shape index (κ2) is 3.05. The largest absolute Gasteiger partial charge is 0.353 e. The molecule has 1 saturated heterocycles. The molecule has 1 saturated carbocycles. The van der Waals surface area contributed by atoms with Crippen LogP contribution < -0.4 is 5.32 Å². The first-order valence-corrected chi connectivity index (χ1v) is 5.30. The Morgan fingerprint density at radius 2 is 1.80 bits per heavy atom. The minimum Gasteiger partial charge on any atom is -0.353 e. The number of carbonyl (C=O) groups excluding carboxylic acids is 1. The van der Waals surface area contributed by atoms with Crippen LogP contribution in [0.15, 0.2) is 24.3 Å². The molecule has 3 rings (SSSR count). The zero-order chi connectivity index (χ0) is 10.4. The highest BCUT2D eigenvalue weighted by Gasteiger charge is 2.45. The van der Waals surface area contributed by atoms with Crippen LogP contribution in [-0.4, -0.2) is 11.9 Å². The van der Waals surface area contributed by atoms with Crippen LogP contribution in [0.1, 0.15) is 24.3 Å². The molecule has 1 amide bonds. The number of rotatable bonds is 1. The van der Waals surface area contributed by atoms with Crippen molar-refractivity contribution in [2.24, 2.45) is 5.92 Å². The van der Waals surface area contributed by atoms with E-state index in [0.29, 0.717) is 12.0 Å². The monoisotopic (exact) mass is 205 g/mol. The molecule has 2 nitrogen and oxygen atoms in total. The molecule has 0 radical (unpaired) electrons. The van der Waals surface area contributed by atoms with Gasteiger partial charge in [-0.3, -0.25) is 4.79 Å². The molecule has 2 bridgehead atoms. The lowest BCUT2D eigenvalue weighted by Crippen LogP contribution is -2.34. The first kappa shape index (κ1) is 8.89. The molecular formula is C12H12FNO. The van der Waals surface area contributed by atoms with Gasteiger partial charge in [-0.15, -0.1) is 0 Å². The van der Waals surface area contributed by atoms with Crippen LogP contribution in [0, 0.1) is 11.7 Å². The van der Waals surface area contributed by atoms with Gasteiger partial charge in [-0.25, -0.2) is 4.39 Å². The van der Waals surface area contributed by atoms with Crippen LogP contribution in [0.3, 0.4) is 0 Å². The molecule has 3 heteroatoms. The van der Waals surface area contributed by atoms with E-state index in [-0.39, 0.29) is 17.6 Å². The number of hydrogen-bond acceptors (Lipinski definition) is 1. The molecule has 1 aliphatic carbocycles. The number of benzene rings is 1. The van der Waals surface area contributed by atoms with Gasteiger partial charge in [0, 0.05) is 12.0 Å². The molecule has 2 fully saturated rings. The van der Waals surface area contributed by atoms with E-state index >= 15 is 0 Å². The third kappa shape index (κ3) is 1.34. The highest BCUT2D eigenvalue weighted by atomic mass is 19.1. The van der Waals surface area contributed by atoms with Crippen LogP contribution in [0.5, 0.6) is 0 Å². The normalized spacial score (nSPS) is 33.1. The molecule has 0 aromatic heterocycles. The minimum atomic E-state index is -0.216. The van der Waals surface area contributed by atoms with Gasteiger partial charge in [0.05, 0.1) is 0 Å². The fourth-order valence-electron chi connectivity index (χ4n) is 2.83. The van der Waals surface area contributed by atoms with E-state index in [1.807, 2.05) is 0 Å². The molecule has 1 aromatic carbocycles. The Bertz CT molecular complexity index is 401. The van der Waals surface area contributed by atoms with Crippen LogP contribution >= 0.6 is 0 Å². The first-order valence-electron chi connectivity index (χ1n) is 5.30. The van der Waals surface area contributed by atoms with Gasteiger partial charge in [-0.1, -0.05) is 12.1 Å². The molecule has 2 aliphatic rings. The Labute approximate surface area is 87.5 Å². The Balaban J connectivity index is 1.90. The third-order valence-corrected chi connectivity index (χ3v) is 3.54. The van der Waals surface area contributed by atoms with Gasteiger partial charge in [-0.2, -0.15) is 0 Å². The molecular weight excluding hydrogens is 193 g/mol. The highest BCUT2D eigenvalue weighted by molar-refractivity contribution is 5.83. The van der Waals surface area contributed by atoms with Crippen LogP contribution in [-0.2, 0) is 4.79 Å². The van der Waals surface area contributed by atoms with Gasteiger partial charge in [-0.05, 0) is 36.5 Å². The smallest absolute Gasteiger partial charge is 0.224 e. The molecule has 1 aromatic rings. The summed E-state index contributed by atoms with van der Waals surface area (Å²) >= 11 is 0. The highest BCUT2D eigenvalue weighted by Crippen LogP contribution is 2.43. The lowest BCUT2D eigenvalue weighted by Gasteiger charge is -2.21. The van der Waals surface area contributed by atoms with Gasteiger partial charge in [0.1, 0.15) is 5.82 Å². The summed E-state index contributed by atoms with van der Waals surface area (Å²) in [5, 5.41) is 2.95. The zero-order valence-electron chi connectivity index (χ0n) is 8.24. The number of nitrogens with one attached hydrogen (secondary N) is 1. The van der Waals surface area contributed by atoms with Crippen molar-refractivity contribution in [1.29, 1.82) is 0 Å². The minimum absolute atomic E-state index is 0.112. The fraction of sp³-hybridized carbons (Fsp3) is 0.417. The van der Waals surface area contributed by atoms with Crippen molar-refractivity contribution in [1.82, 2.24) is 5.32 Å². The van der Waals surface area contributed by atoms with E-state index in [9.17, 15) is 9.18 Å². The van der Waals surface area contributed by atoms with E-state index in [4.69, 9.17) is 0 Å². The van der Waals surface area contributed by atoms with E-state index in [1.165, 1.54) is 12.1 Å². The van der Waals surface area contributed by atoms with E-state index in [2.05, 4.69) is 5.32 Å². The van der Waals surface area contributed by atoms with Crippen molar-refractivity contribution < 1.29 is 9.18 Å². The topological polar surface area (TPSA) is 29.1 Å². The standard InChI is InChI=1S/C12H12FNO/c13-8-3-1-7(2-4-8)10-5-9-6-11(10)12(15)14-9/h1-4,9-11H,5-6H2,(H,14,15)/t9-,10+,11-/m1/s1. The Morgan fingerprint density at radius 3 is 2.40 bits per heavy atom. The lowest BCUT2D eigenvalue weighted by molar-refractivity contribution is -0.124. The predicted molar refractivity (Wildman–Crippen MR) is 53.8 cm³/mol. The molecule has 1 aliphatic heterocycles. The van der Waals surface area contributed by atoms with Gasteiger partial charge in [0.2, 0.25) is 5.91 Å². The number of hydrogen-bond donors (Lipinski definition) is 1. The predicted octanol–water partition coefficient (Wildman–Crippen LogP) is 1.82. The lowest BCUT2D eigenvalue weighted by atomic mass is 9.87. The maximum Gasteiger partial charge on any atom is 0.224 e. The summed E-state index contributed by atoms with van der Waals surface area (Å²) in [6.07, 6.45) is 1.95. The quantitative estimate of drug-likeness (QED) is 0.744. The van der Waals surface area contributed by atoms with Crippen molar-refractivity contribution in [3.8, 4) is 0 Å². The summed E-state index contributed by atoms with van der Waals surface area (Å²) in [5.41, 5.74) is 1.10. The van der Waals surface area contributed by atoms with Crippen molar-refractivity contribution in [2.45, 2.75) is 24.8 Å².